The standard InChI is InChI=1S/C12H23N3O2.ClH/c1-3-15(4-2)11(16)6-5-7-14-12(17)10-8-13-9-10;/h10,13H,3-9H2,1-2H3,(H,14,17);1H. The SMILES string of the molecule is CCN(CC)C(=O)CCCNC(=O)C1CNC1.Cl. The molecule has 0 aromatic rings. The molecule has 1 saturated heterocycles. The van der Waals surface area contributed by atoms with Crippen LogP contribution in [0.25, 0.3) is 0 Å². The van der Waals surface area contributed by atoms with Crippen molar-refractivity contribution in [1.82, 2.24) is 15.5 Å². The monoisotopic (exact) mass is 277 g/mol. The van der Waals surface area contributed by atoms with Gasteiger partial charge in [0.2, 0.25) is 11.8 Å². The van der Waals surface area contributed by atoms with Crippen LogP contribution in [0.1, 0.15) is 26.7 Å². The Morgan fingerprint density at radius 3 is 2.33 bits per heavy atom. The summed E-state index contributed by atoms with van der Waals surface area (Å²) in [4.78, 5) is 24.9. The van der Waals surface area contributed by atoms with Crippen LogP contribution >= 0.6 is 12.4 Å². The van der Waals surface area contributed by atoms with Crippen molar-refractivity contribution in [2.45, 2.75) is 26.7 Å². The zero-order chi connectivity index (χ0) is 12.7. The van der Waals surface area contributed by atoms with E-state index in [1.807, 2.05) is 18.7 Å². The van der Waals surface area contributed by atoms with Crippen molar-refractivity contribution in [3.05, 3.63) is 0 Å². The van der Waals surface area contributed by atoms with Gasteiger partial charge < -0.3 is 15.5 Å². The Hall–Kier alpha value is -0.810. The molecule has 18 heavy (non-hydrogen) atoms. The summed E-state index contributed by atoms with van der Waals surface area (Å²) in [6, 6.07) is 0. The maximum atomic E-state index is 11.7. The molecule has 0 radical (unpaired) electrons. The quantitative estimate of drug-likeness (QED) is 0.662. The summed E-state index contributed by atoms with van der Waals surface area (Å²) in [5, 5.41) is 5.92. The van der Waals surface area contributed by atoms with Gasteiger partial charge in [-0.1, -0.05) is 0 Å². The molecule has 106 valence electrons. The molecule has 0 unspecified atom stereocenters. The van der Waals surface area contributed by atoms with Gasteiger partial charge in [-0.15, -0.1) is 12.4 Å². The largest absolute Gasteiger partial charge is 0.356 e. The number of halogens is 1. The highest BCUT2D eigenvalue weighted by Gasteiger charge is 2.24. The fraction of sp³-hybridized carbons (Fsp3) is 0.833. The predicted octanol–water partition coefficient (Wildman–Crippen LogP) is 0.392. The van der Waals surface area contributed by atoms with E-state index in [9.17, 15) is 9.59 Å². The second-order valence-electron chi connectivity index (χ2n) is 4.32. The number of hydrogen-bond donors (Lipinski definition) is 2. The molecule has 0 spiro atoms. The van der Waals surface area contributed by atoms with Crippen molar-refractivity contribution in [3.63, 3.8) is 0 Å². The van der Waals surface area contributed by atoms with Gasteiger partial charge in [0.1, 0.15) is 0 Å². The second-order valence-corrected chi connectivity index (χ2v) is 4.32. The minimum atomic E-state index is 0. The number of nitrogens with one attached hydrogen (secondary N) is 2. The van der Waals surface area contributed by atoms with Crippen molar-refractivity contribution in [2.24, 2.45) is 5.92 Å². The zero-order valence-electron chi connectivity index (χ0n) is 11.2. The third kappa shape index (κ3) is 5.23. The molecule has 5 nitrogen and oxygen atoms in total. The van der Waals surface area contributed by atoms with Gasteiger partial charge in [-0.2, -0.15) is 0 Å². The Balaban J connectivity index is 0.00000289. The highest BCUT2D eigenvalue weighted by atomic mass is 35.5. The minimum Gasteiger partial charge on any atom is -0.356 e. The van der Waals surface area contributed by atoms with Crippen LogP contribution in [0.5, 0.6) is 0 Å². The summed E-state index contributed by atoms with van der Waals surface area (Å²) in [5.41, 5.74) is 0. The molecular weight excluding hydrogens is 254 g/mol. The van der Waals surface area contributed by atoms with Crippen molar-refractivity contribution in [3.8, 4) is 0 Å². The topological polar surface area (TPSA) is 61.4 Å². The molecule has 0 bridgehead atoms. The third-order valence-corrected chi connectivity index (χ3v) is 3.14. The van der Waals surface area contributed by atoms with Crippen molar-refractivity contribution < 1.29 is 9.59 Å². The number of amides is 2. The molecule has 1 fully saturated rings. The van der Waals surface area contributed by atoms with Crippen molar-refractivity contribution >= 4 is 24.2 Å². The molecule has 0 atom stereocenters. The fourth-order valence-corrected chi connectivity index (χ4v) is 1.80. The molecular formula is C12H24ClN3O2. The van der Waals surface area contributed by atoms with E-state index in [0.29, 0.717) is 13.0 Å². The lowest BCUT2D eigenvalue weighted by molar-refractivity contribution is -0.131. The van der Waals surface area contributed by atoms with Gasteiger partial charge in [0.25, 0.3) is 0 Å². The predicted molar refractivity (Wildman–Crippen MR) is 73.8 cm³/mol. The first-order chi connectivity index (χ1) is 8.19. The Bertz CT molecular complexity index is 266. The number of hydrogen-bond acceptors (Lipinski definition) is 3. The number of nitrogens with zero attached hydrogens (tertiary/aromatic N) is 1. The van der Waals surface area contributed by atoms with E-state index >= 15 is 0 Å². The van der Waals surface area contributed by atoms with Crippen LogP contribution in [-0.2, 0) is 9.59 Å². The Labute approximate surface area is 115 Å². The fourth-order valence-electron chi connectivity index (χ4n) is 1.80. The molecule has 0 saturated carbocycles. The summed E-state index contributed by atoms with van der Waals surface area (Å²) >= 11 is 0. The van der Waals surface area contributed by atoms with Gasteiger partial charge in [0.05, 0.1) is 5.92 Å². The van der Waals surface area contributed by atoms with Crippen LogP contribution in [-0.4, -0.2) is 49.4 Å². The van der Waals surface area contributed by atoms with Gasteiger partial charge in [0.15, 0.2) is 0 Å². The molecule has 1 aliphatic rings. The molecule has 2 N–H and O–H groups in total. The van der Waals surface area contributed by atoms with E-state index in [1.54, 1.807) is 0 Å². The van der Waals surface area contributed by atoms with E-state index in [4.69, 9.17) is 0 Å². The molecule has 0 aromatic carbocycles. The summed E-state index contributed by atoms with van der Waals surface area (Å²) in [6.45, 7) is 7.64. The van der Waals surface area contributed by atoms with Crippen LogP contribution in [0.15, 0.2) is 0 Å². The number of carbonyl (C=O) groups excluding carboxylic acids is 2. The zero-order valence-corrected chi connectivity index (χ0v) is 12.0. The summed E-state index contributed by atoms with van der Waals surface area (Å²) in [6.07, 6.45) is 1.24. The lowest BCUT2D eigenvalue weighted by Gasteiger charge is -2.25. The van der Waals surface area contributed by atoms with Crippen LogP contribution in [0, 0.1) is 5.92 Å². The van der Waals surface area contributed by atoms with E-state index in [-0.39, 0.29) is 30.1 Å². The van der Waals surface area contributed by atoms with Crippen LogP contribution in [0.2, 0.25) is 0 Å². The number of rotatable bonds is 7. The lowest BCUT2D eigenvalue weighted by atomic mass is 10.0. The minimum absolute atomic E-state index is 0. The Morgan fingerprint density at radius 1 is 1.28 bits per heavy atom. The first-order valence-corrected chi connectivity index (χ1v) is 6.45. The summed E-state index contributed by atoms with van der Waals surface area (Å²) in [7, 11) is 0. The van der Waals surface area contributed by atoms with E-state index in [2.05, 4.69) is 10.6 Å². The van der Waals surface area contributed by atoms with Gasteiger partial charge >= 0.3 is 0 Å². The summed E-state index contributed by atoms with van der Waals surface area (Å²) < 4.78 is 0. The average Bonchev–Trinajstić information content (AvgIpc) is 2.23. The molecule has 1 heterocycles. The van der Waals surface area contributed by atoms with E-state index < -0.39 is 0 Å². The van der Waals surface area contributed by atoms with Gasteiger partial charge in [-0.05, 0) is 20.3 Å². The average molecular weight is 278 g/mol. The van der Waals surface area contributed by atoms with Gasteiger partial charge in [-0.3, -0.25) is 9.59 Å². The molecule has 0 aliphatic carbocycles. The lowest BCUT2D eigenvalue weighted by Crippen LogP contribution is -2.50. The first-order valence-electron chi connectivity index (χ1n) is 6.45. The summed E-state index contributed by atoms with van der Waals surface area (Å²) in [5.74, 6) is 0.419. The number of carbonyl (C=O) groups is 2. The molecule has 0 aromatic heterocycles. The van der Waals surface area contributed by atoms with Gasteiger partial charge in [0, 0.05) is 39.1 Å². The Kier molecular flexibility index (Phi) is 8.75. The van der Waals surface area contributed by atoms with Crippen LogP contribution < -0.4 is 10.6 Å². The normalized spacial score (nSPS) is 14.3. The molecule has 2 amide bonds. The van der Waals surface area contributed by atoms with Crippen LogP contribution in [0.3, 0.4) is 0 Å². The van der Waals surface area contributed by atoms with Crippen LogP contribution in [0.4, 0.5) is 0 Å². The van der Waals surface area contributed by atoms with E-state index in [1.165, 1.54) is 0 Å². The molecule has 1 aliphatic heterocycles. The van der Waals surface area contributed by atoms with Crippen molar-refractivity contribution in [2.75, 3.05) is 32.7 Å². The second kappa shape index (κ2) is 9.16. The van der Waals surface area contributed by atoms with Crippen molar-refractivity contribution in [1.29, 1.82) is 0 Å². The van der Waals surface area contributed by atoms with E-state index in [0.717, 1.165) is 32.6 Å². The highest BCUT2D eigenvalue weighted by Crippen LogP contribution is 2.02. The highest BCUT2D eigenvalue weighted by molar-refractivity contribution is 5.85. The molecule has 1 rings (SSSR count). The smallest absolute Gasteiger partial charge is 0.225 e. The van der Waals surface area contributed by atoms with Gasteiger partial charge in [-0.25, -0.2) is 0 Å². The maximum absolute atomic E-state index is 11.7. The molecule has 6 heteroatoms. The Morgan fingerprint density at radius 2 is 1.89 bits per heavy atom. The first kappa shape index (κ1) is 17.2. The maximum Gasteiger partial charge on any atom is 0.225 e. The third-order valence-electron chi connectivity index (χ3n) is 3.14.